The van der Waals surface area contributed by atoms with Crippen molar-refractivity contribution in [2.45, 2.75) is 155 Å². The first-order valence-electron chi connectivity index (χ1n) is 24.0. The number of aliphatic hydroxyl groups excluding tert-OH is 9. The first-order chi connectivity index (χ1) is 35.6. The van der Waals surface area contributed by atoms with Crippen LogP contribution in [0.4, 0.5) is 0 Å². The van der Waals surface area contributed by atoms with Gasteiger partial charge in [0.1, 0.15) is 86.0 Å². The fourth-order valence-electron chi connectivity index (χ4n) is 8.75. The fraction of sp³-hybridized carbons (Fsp3) is 0.580. The molecule has 0 spiro atoms. The van der Waals surface area contributed by atoms with Crippen molar-refractivity contribution >= 4 is 17.9 Å². The molecule has 20 unspecified atom stereocenters. The summed E-state index contributed by atoms with van der Waals surface area (Å²) in [6.45, 7) is -0.466. The maximum Gasteiger partial charge on any atom is 0.338 e. The van der Waals surface area contributed by atoms with E-state index in [0.717, 1.165) is 38.2 Å². The van der Waals surface area contributed by atoms with Crippen LogP contribution in [0.2, 0.25) is 0 Å². The van der Waals surface area contributed by atoms with E-state index in [4.69, 9.17) is 52.1 Å². The van der Waals surface area contributed by atoms with Gasteiger partial charge in [-0.1, -0.05) is 91.0 Å². The van der Waals surface area contributed by atoms with Gasteiger partial charge in [0.25, 0.3) is 0 Å². The lowest BCUT2D eigenvalue weighted by Crippen LogP contribution is -2.68. The lowest BCUT2D eigenvalue weighted by molar-refractivity contribution is -0.383. The molecular weight excluding hydrogens is 985 g/mol. The highest BCUT2D eigenvalue weighted by Crippen LogP contribution is 2.36. The van der Waals surface area contributed by atoms with E-state index in [1.165, 1.54) is 0 Å². The standard InChI is InChI=1S/C50H64O24/c1-63-44(60)41-30(52)29(51)33(55)48(72-41)71-40-32(54)35(57)49(74-43(40)46(62)67-23-27-19-10-5-11-20-27)70-39-36(58)42(45(61)64-2)73-50(37(39)59)69-38-28(24-65-22-26-17-8-4-9-18-26)68-47(34(56)31(38)53)66-21-13-12-16-25-14-6-3-7-15-25/h3-11,14-15,17-20,28-43,47-59H,12-13,16,21-24H2,1-2H3. The molecule has 74 heavy (non-hydrogen) atoms. The molecular formula is C50H64O24. The predicted molar refractivity (Wildman–Crippen MR) is 245 cm³/mol. The number of carbonyl (C=O) groups excluding carboxylic acids is 3. The Hall–Kier alpha value is -4.65. The minimum atomic E-state index is -2.30. The minimum Gasteiger partial charge on any atom is -0.467 e. The van der Waals surface area contributed by atoms with Gasteiger partial charge in [0.15, 0.2) is 43.5 Å². The number of hydrogen-bond acceptors (Lipinski definition) is 24. The Bertz CT molecular complexity index is 2190. The van der Waals surface area contributed by atoms with Crippen molar-refractivity contribution in [2.75, 3.05) is 27.4 Å². The van der Waals surface area contributed by atoms with E-state index in [2.05, 4.69) is 4.74 Å². The maximum atomic E-state index is 13.9. The van der Waals surface area contributed by atoms with Gasteiger partial charge in [0, 0.05) is 6.61 Å². The summed E-state index contributed by atoms with van der Waals surface area (Å²) in [4.78, 5) is 39.5. The molecule has 0 aromatic heterocycles. The summed E-state index contributed by atoms with van der Waals surface area (Å²) in [5, 5.41) is 101. The summed E-state index contributed by atoms with van der Waals surface area (Å²) in [6, 6.07) is 27.1. The van der Waals surface area contributed by atoms with Crippen molar-refractivity contribution in [1.29, 1.82) is 0 Å². The monoisotopic (exact) mass is 1050 g/mol. The number of unbranched alkanes of at least 4 members (excludes halogenated alkanes) is 1. The molecule has 0 bridgehead atoms. The zero-order valence-corrected chi connectivity index (χ0v) is 40.3. The third-order valence-electron chi connectivity index (χ3n) is 12.9. The Morgan fingerprint density at radius 3 is 1.51 bits per heavy atom. The number of methoxy groups -OCH3 is 2. The van der Waals surface area contributed by atoms with Gasteiger partial charge in [-0.15, -0.1) is 0 Å². The third kappa shape index (κ3) is 13.8. The van der Waals surface area contributed by atoms with Crippen LogP contribution in [0.1, 0.15) is 29.5 Å². The molecule has 4 saturated heterocycles. The van der Waals surface area contributed by atoms with Gasteiger partial charge >= 0.3 is 17.9 Å². The van der Waals surface area contributed by atoms with E-state index in [-0.39, 0.29) is 26.4 Å². The van der Waals surface area contributed by atoms with Crippen LogP contribution in [0.3, 0.4) is 0 Å². The highest BCUT2D eigenvalue weighted by atomic mass is 16.8. The molecule has 3 aromatic rings. The van der Waals surface area contributed by atoms with Crippen LogP contribution in [-0.2, 0) is 90.9 Å². The highest BCUT2D eigenvalue weighted by Gasteiger charge is 2.58. The van der Waals surface area contributed by atoms with Crippen molar-refractivity contribution in [2.24, 2.45) is 0 Å². The van der Waals surface area contributed by atoms with E-state index in [9.17, 15) is 60.3 Å². The number of carbonyl (C=O) groups is 3. The average Bonchev–Trinajstić information content (AvgIpc) is 3.41. The van der Waals surface area contributed by atoms with Crippen LogP contribution in [0.25, 0.3) is 0 Å². The zero-order chi connectivity index (χ0) is 53.1. The van der Waals surface area contributed by atoms with E-state index >= 15 is 0 Å². The molecule has 7 rings (SSSR count). The molecule has 4 fully saturated rings. The van der Waals surface area contributed by atoms with Gasteiger partial charge in [-0.3, -0.25) is 0 Å². The first kappa shape index (κ1) is 57.1. The number of ether oxygens (including phenoxy) is 12. The molecule has 4 aliphatic heterocycles. The van der Waals surface area contributed by atoms with Crippen molar-refractivity contribution in [3.05, 3.63) is 108 Å². The lowest BCUT2D eigenvalue weighted by atomic mass is 9.95. The third-order valence-corrected chi connectivity index (χ3v) is 12.9. The zero-order valence-electron chi connectivity index (χ0n) is 40.3. The van der Waals surface area contributed by atoms with Crippen molar-refractivity contribution < 1.29 is 117 Å². The second-order valence-electron chi connectivity index (χ2n) is 18.0. The second-order valence-corrected chi connectivity index (χ2v) is 18.0. The first-order valence-corrected chi connectivity index (χ1v) is 24.0. The summed E-state index contributed by atoms with van der Waals surface area (Å²) in [6.07, 6.45) is -37.7. The normalized spacial score (nSPS) is 36.4. The predicted octanol–water partition coefficient (Wildman–Crippen LogP) is -2.36. The molecule has 0 aliphatic carbocycles. The van der Waals surface area contributed by atoms with Crippen LogP contribution in [-0.4, -0.2) is 214 Å². The van der Waals surface area contributed by atoms with Crippen LogP contribution in [0.15, 0.2) is 91.0 Å². The van der Waals surface area contributed by atoms with Gasteiger partial charge in [0.05, 0.1) is 27.4 Å². The Kier molecular flexibility index (Phi) is 20.7. The Morgan fingerprint density at radius 2 is 0.919 bits per heavy atom. The molecule has 4 aliphatic rings. The van der Waals surface area contributed by atoms with Crippen LogP contribution in [0, 0.1) is 0 Å². The van der Waals surface area contributed by atoms with Gasteiger partial charge in [-0.05, 0) is 36.0 Å². The Balaban J connectivity index is 1.10. The summed E-state index contributed by atoms with van der Waals surface area (Å²) < 4.78 is 67.7. The topological polar surface area (TPSA) is 344 Å². The molecule has 0 amide bonds. The fourth-order valence-corrected chi connectivity index (χ4v) is 8.75. The van der Waals surface area contributed by atoms with Crippen LogP contribution < -0.4 is 0 Å². The van der Waals surface area contributed by atoms with Crippen molar-refractivity contribution in [1.82, 2.24) is 0 Å². The molecule has 24 heteroatoms. The van der Waals surface area contributed by atoms with E-state index < -0.39 is 141 Å². The molecule has 4 heterocycles. The minimum absolute atomic E-state index is 0.0712. The SMILES string of the molecule is COC(=O)C1OC(OC2C(C(=O)OCc3ccccc3)OC(OC3C(O)C(OC4C(COCc5ccccc5)OC(OCCCCc5ccccc5)C(O)C4O)OC(C(=O)OC)C3O)C(O)C2O)C(O)C(O)C1O. The largest absolute Gasteiger partial charge is 0.467 e. The summed E-state index contributed by atoms with van der Waals surface area (Å²) >= 11 is 0. The molecule has 0 saturated carbocycles. The van der Waals surface area contributed by atoms with Gasteiger partial charge in [0.2, 0.25) is 0 Å². The molecule has 3 aromatic carbocycles. The number of rotatable bonds is 21. The van der Waals surface area contributed by atoms with Gasteiger partial charge in [-0.2, -0.15) is 0 Å². The maximum absolute atomic E-state index is 13.9. The molecule has 408 valence electrons. The van der Waals surface area contributed by atoms with E-state index in [0.29, 0.717) is 12.0 Å². The Morgan fingerprint density at radius 1 is 0.446 bits per heavy atom. The molecule has 9 N–H and O–H groups in total. The van der Waals surface area contributed by atoms with Crippen LogP contribution in [0.5, 0.6) is 0 Å². The molecule has 0 radical (unpaired) electrons. The number of esters is 3. The summed E-state index contributed by atoms with van der Waals surface area (Å²) in [5.74, 6) is -3.70. The summed E-state index contributed by atoms with van der Waals surface area (Å²) in [5.41, 5.74) is 2.40. The molecule has 20 atom stereocenters. The van der Waals surface area contributed by atoms with Crippen molar-refractivity contribution in [3.63, 3.8) is 0 Å². The van der Waals surface area contributed by atoms with Crippen molar-refractivity contribution in [3.8, 4) is 0 Å². The average molecular weight is 1050 g/mol. The van der Waals surface area contributed by atoms with Crippen LogP contribution >= 0.6 is 0 Å². The quantitative estimate of drug-likeness (QED) is 0.0306. The Labute approximate surface area is 424 Å². The van der Waals surface area contributed by atoms with Gasteiger partial charge < -0.3 is 103 Å². The smallest absolute Gasteiger partial charge is 0.338 e. The molecule has 24 nitrogen and oxygen atoms in total. The number of aliphatic hydroxyl groups is 9. The van der Waals surface area contributed by atoms with E-state index in [1.54, 1.807) is 42.5 Å². The second kappa shape index (κ2) is 26.9. The highest BCUT2D eigenvalue weighted by molar-refractivity contribution is 5.76. The van der Waals surface area contributed by atoms with E-state index in [1.807, 2.05) is 48.5 Å². The lowest BCUT2D eigenvalue weighted by Gasteiger charge is -2.48. The number of benzene rings is 3. The number of aryl methyl sites for hydroxylation is 1. The number of hydrogen-bond donors (Lipinski definition) is 9. The summed E-state index contributed by atoms with van der Waals surface area (Å²) in [7, 11) is 1.91. The van der Waals surface area contributed by atoms with Gasteiger partial charge in [-0.25, -0.2) is 14.4 Å².